The molecule has 0 aromatic heterocycles. The van der Waals surface area contributed by atoms with E-state index in [2.05, 4.69) is 32.1 Å². The van der Waals surface area contributed by atoms with Crippen molar-refractivity contribution in [2.75, 3.05) is 0 Å². The Balaban J connectivity index is 3.04. The zero-order valence-electron chi connectivity index (χ0n) is 14.2. The average Bonchev–Trinajstić information content (AvgIpc) is 2.47. The first kappa shape index (κ1) is 19.6. The van der Waals surface area contributed by atoms with Crippen LogP contribution in [0.25, 0.3) is 0 Å². The molecule has 0 N–H and O–H groups in total. The van der Waals surface area contributed by atoms with Gasteiger partial charge in [-0.1, -0.05) is 96.8 Å². The van der Waals surface area contributed by atoms with E-state index in [1.165, 1.54) is 89.9 Å². The lowest BCUT2D eigenvalue weighted by Gasteiger charge is -2.00. The molecule has 0 aromatic carbocycles. The van der Waals surface area contributed by atoms with Gasteiger partial charge in [0.05, 0.1) is 0 Å². The summed E-state index contributed by atoms with van der Waals surface area (Å²) in [6.45, 7) is 4.53. The van der Waals surface area contributed by atoms with E-state index in [-0.39, 0.29) is 0 Å². The van der Waals surface area contributed by atoms with Gasteiger partial charge in [0.1, 0.15) is 0 Å². The van der Waals surface area contributed by atoms with Crippen LogP contribution in [0.1, 0.15) is 110 Å². The Bertz CT molecular complexity index is 218. The molecule has 0 saturated heterocycles. The monoisotopic (exact) mass is 277 g/mol. The minimum atomic E-state index is 1.10. The Kier molecular flexibility index (Phi) is 18.2. The number of unbranched alkanes of at least 4 members (excludes halogenated alkanes) is 14. The number of hydrogen-bond acceptors (Lipinski definition) is 0. The first-order valence-electron chi connectivity index (χ1n) is 9.21. The van der Waals surface area contributed by atoms with E-state index in [0.29, 0.717) is 0 Å². The summed E-state index contributed by atoms with van der Waals surface area (Å²) < 4.78 is 0. The van der Waals surface area contributed by atoms with Crippen molar-refractivity contribution in [3.8, 4) is 11.8 Å². The van der Waals surface area contributed by atoms with Gasteiger partial charge in [0.25, 0.3) is 0 Å². The van der Waals surface area contributed by atoms with Gasteiger partial charge in [-0.3, -0.25) is 0 Å². The first-order valence-corrected chi connectivity index (χ1v) is 9.21. The lowest BCUT2D eigenvalue weighted by Crippen LogP contribution is -1.81. The minimum Gasteiger partial charge on any atom is -0.103 e. The molecular weight excluding hydrogens is 240 g/mol. The first-order chi connectivity index (χ1) is 9.91. The molecule has 0 aliphatic heterocycles. The zero-order chi connectivity index (χ0) is 14.7. The van der Waals surface area contributed by atoms with Crippen molar-refractivity contribution in [2.45, 2.75) is 110 Å². The van der Waals surface area contributed by atoms with Crippen LogP contribution in [-0.2, 0) is 0 Å². The summed E-state index contributed by atoms with van der Waals surface area (Å²) in [5.74, 6) is 6.48. The van der Waals surface area contributed by atoms with Gasteiger partial charge in [-0.05, 0) is 12.8 Å². The van der Waals surface area contributed by atoms with Crippen LogP contribution in [0.2, 0.25) is 0 Å². The van der Waals surface area contributed by atoms with Gasteiger partial charge in [-0.25, -0.2) is 0 Å². The van der Waals surface area contributed by atoms with Crippen LogP contribution >= 0.6 is 0 Å². The van der Waals surface area contributed by atoms with Crippen LogP contribution in [0.15, 0.2) is 0 Å². The third kappa shape index (κ3) is 17.6. The Morgan fingerprint density at radius 3 is 1.70 bits per heavy atom. The number of hydrogen-bond donors (Lipinski definition) is 0. The van der Waals surface area contributed by atoms with Crippen molar-refractivity contribution in [1.29, 1.82) is 0 Å². The molecule has 0 bridgehead atoms. The molecule has 0 aromatic rings. The standard InChI is InChI=1S/C20H37/c1-3-5-7-9-11-13-15-17-19-20-18-16-14-12-10-8-6-4-2/h11H,3-10,12,14,16-20H2,1-2H3. The topological polar surface area (TPSA) is 0 Å². The van der Waals surface area contributed by atoms with E-state index in [1.807, 2.05) is 0 Å². The lowest BCUT2D eigenvalue weighted by molar-refractivity contribution is 0.558. The van der Waals surface area contributed by atoms with Crippen molar-refractivity contribution in [1.82, 2.24) is 0 Å². The van der Waals surface area contributed by atoms with Gasteiger partial charge in [-0.2, -0.15) is 0 Å². The van der Waals surface area contributed by atoms with Gasteiger partial charge in [0.2, 0.25) is 0 Å². The predicted octanol–water partition coefficient (Wildman–Crippen LogP) is 7.09. The van der Waals surface area contributed by atoms with Gasteiger partial charge in [0, 0.05) is 12.8 Å². The molecule has 0 unspecified atom stereocenters. The Morgan fingerprint density at radius 2 is 1.10 bits per heavy atom. The van der Waals surface area contributed by atoms with Crippen LogP contribution < -0.4 is 0 Å². The molecule has 0 fully saturated rings. The summed E-state index contributed by atoms with van der Waals surface area (Å²) in [6, 6.07) is 0. The average molecular weight is 278 g/mol. The fourth-order valence-electron chi connectivity index (χ4n) is 2.41. The van der Waals surface area contributed by atoms with Crippen molar-refractivity contribution >= 4 is 0 Å². The predicted molar refractivity (Wildman–Crippen MR) is 92.7 cm³/mol. The molecule has 0 amide bonds. The third-order valence-electron chi connectivity index (χ3n) is 3.81. The van der Waals surface area contributed by atoms with Crippen LogP contribution in [0.3, 0.4) is 0 Å². The molecule has 20 heavy (non-hydrogen) atoms. The Labute approximate surface area is 129 Å². The van der Waals surface area contributed by atoms with E-state index in [4.69, 9.17) is 0 Å². The summed E-state index contributed by atoms with van der Waals surface area (Å²) in [5, 5.41) is 0. The summed E-state index contributed by atoms with van der Waals surface area (Å²) in [4.78, 5) is 0. The van der Waals surface area contributed by atoms with E-state index in [1.54, 1.807) is 0 Å². The molecule has 0 heteroatoms. The van der Waals surface area contributed by atoms with Crippen LogP contribution in [0, 0.1) is 18.3 Å². The van der Waals surface area contributed by atoms with E-state index >= 15 is 0 Å². The second-order valence-corrected chi connectivity index (χ2v) is 5.95. The van der Waals surface area contributed by atoms with Crippen LogP contribution in [0.5, 0.6) is 0 Å². The van der Waals surface area contributed by atoms with Gasteiger partial charge in [-0.15, -0.1) is 5.92 Å². The van der Waals surface area contributed by atoms with Crippen LogP contribution in [-0.4, -0.2) is 0 Å². The quantitative estimate of drug-likeness (QED) is 0.235. The summed E-state index contributed by atoms with van der Waals surface area (Å²) >= 11 is 0. The highest BCUT2D eigenvalue weighted by Crippen LogP contribution is 2.11. The van der Waals surface area contributed by atoms with Crippen molar-refractivity contribution in [3.05, 3.63) is 6.42 Å². The van der Waals surface area contributed by atoms with Crippen LogP contribution in [0.4, 0.5) is 0 Å². The van der Waals surface area contributed by atoms with E-state index in [9.17, 15) is 0 Å². The molecular formula is C20H37. The molecule has 0 rings (SSSR count). The smallest absolute Gasteiger partial charge is 0.0340 e. The summed E-state index contributed by atoms with van der Waals surface area (Å²) in [7, 11) is 0. The SMILES string of the molecule is CCCCC[CH]C#CCCCCCCCCCCCC. The van der Waals surface area contributed by atoms with Gasteiger partial charge >= 0.3 is 0 Å². The minimum absolute atomic E-state index is 1.10. The molecule has 0 nitrogen and oxygen atoms in total. The Hall–Kier alpha value is -0.440. The maximum atomic E-state index is 3.28. The molecule has 0 saturated carbocycles. The second-order valence-electron chi connectivity index (χ2n) is 5.95. The summed E-state index contributed by atoms with van der Waals surface area (Å²) in [5.41, 5.74) is 0. The zero-order valence-corrected chi connectivity index (χ0v) is 14.2. The highest BCUT2D eigenvalue weighted by atomic mass is 14.0. The fraction of sp³-hybridized carbons (Fsp3) is 0.850. The van der Waals surface area contributed by atoms with Crippen molar-refractivity contribution in [3.63, 3.8) is 0 Å². The van der Waals surface area contributed by atoms with Gasteiger partial charge in [0.15, 0.2) is 0 Å². The van der Waals surface area contributed by atoms with E-state index < -0.39 is 0 Å². The molecule has 0 heterocycles. The summed E-state index contributed by atoms with van der Waals surface area (Å²) in [6.07, 6.45) is 22.5. The Morgan fingerprint density at radius 1 is 0.600 bits per heavy atom. The molecule has 0 aliphatic carbocycles. The molecule has 117 valence electrons. The largest absolute Gasteiger partial charge is 0.103 e. The second kappa shape index (κ2) is 18.6. The van der Waals surface area contributed by atoms with E-state index in [0.717, 1.165) is 6.42 Å². The fourth-order valence-corrected chi connectivity index (χ4v) is 2.41. The molecule has 1 radical (unpaired) electrons. The van der Waals surface area contributed by atoms with Crippen molar-refractivity contribution < 1.29 is 0 Å². The number of rotatable bonds is 14. The highest BCUT2D eigenvalue weighted by Gasteiger charge is 1.91. The lowest BCUT2D eigenvalue weighted by atomic mass is 10.1. The molecule has 0 atom stereocenters. The highest BCUT2D eigenvalue weighted by molar-refractivity contribution is 5.09. The van der Waals surface area contributed by atoms with Crippen molar-refractivity contribution in [2.24, 2.45) is 0 Å². The maximum absolute atomic E-state index is 3.28. The third-order valence-corrected chi connectivity index (χ3v) is 3.81. The maximum Gasteiger partial charge on any atom is 0.0340 e. The molecule has 0 spiro atoms. The van der Waals surface area contributed by atoms with Gasteiger partial charge < -0.3 is 0 Å². The molecule has 0 aliphatic rings. The normalized spacial score (nSPS) is 10.3.